The fourth-order valence-corrected chi connectivity index (χ4v) is 3.81. The summed E-state index contributed by atoms with van der Waals surface area (Å²) in [6.07, 6.45) is -3.88. The number of carbonyl (C=O) groups excluding carboxylic acids is 1. The monoisotopic (exact) mass is 385 g/mol. The van der Waals surface area contributed by atoms with Crippen LogP contribution < -0.4 is 0 Å². The molecule has 0 spiro atoms. The van der Waals surface area contributed by atoms with Crippen LogP contribution in [0.5, 0.6) is 0 Å². The first-order chi connectivity index (χ1) is 11.9. The van der Waals surface area contributed by atoms with E-state index in [0.717, 1.165) is 0 Å². The molecule has 1 atom stereocenters. The first-order valence-electron chi connectivity index (χ1n) is 8.16. The Hall–Kier alpha value is -1.93. The number of methoxy groups -OCH3 is 1. The Morgan fingerprint density at radius 2 is 1.88 bits per heavy atom. The molecule has 0 saturated heterocycles. The Morgan fingerprint density at radius 1 is 1.23 bits per heavy atom. The lowest BCUT2D eigenvalue weighted by Crippen LogP contribution is -2.43. The highest BCUT2D eigenvalue weighted by Crippen LogP contribution is 2.44. The van der Waals surface area contributed by atoms with E-state index in [2.05, 4.69) is 9.72 Å². The second kappa shape index (κ2) is 7.00. The molecular weight excluding hydrogens is 363 g/mol. The summed E-state index contributed by atoms with van der Waals surface area (Å²) >= 11 is 0. The maximum Gasteiger partial charge on any atom is 0.421 e. The topological polar surface area (TPSA) is 59.4 Å². The second-order valence-corrected chi connectivity index (χ2v) is 13.1. The van der Waals surface area contributed by atoms with Crippen molar-refractivity contribution in [1.29, 1.82) is 0 Å². The summed E-state index contributed by atoms with van der Waals surface area (Å²) < 4.78 is 45.9. The van der Waals surface area contributed by atoms with E-state index in [9.17, 15) is 23.1 Å². The number of aliphatic hydroxyl groups is 1. The molecule has 0 aliphatic heterocycles. The van der Waals surface area contributed by atoms with Gasteiger partial charge in [-0.25, -0.2) is 4.79 Å². The minimum atomic E-state index is -4.84. The first-order valence-corrected chi connectivity index (χ1v) is 11.9. The SMILES string of the molecule is COC(=O)c1ccnc2ccc(C(O)(CC[Si](C)(C)C)C(F)(F)F)cc12. The molecule has 0 amide bonds. The molecule has 0 saturated carbocycles. The van der Waals surface area contributed by atoms with E-state index in [-0.39, 0.29) is 16.5 Å². The molecule has 4 nitrogen and oxygen atoms in total. The van der Waals surface area contributed by atoms with Gasteiger partial charge in [-0.1, -0.05) is 31.8 Å². The number of nitrogens with zero attached hydrogens (tertiary/aromatic N) is 1. The number of rotatable bonds is 5. The first kappa shape index (κ1) is 20.4. The number of esters is 1. The summed E-state index contributed by atoms with van der Waals surface area (Å²) in [5.74, 6) is -0.674. The minimum Gasteiger partial charge on any atom is -0.465 e. The molecule has 0 aliphatic rings. The van der Waals surface area contributed by atoms with Crippen molar-refractivity contribution in [3.8, 4) is 0 Å². The number of hydrogen-bond donors (Lipinski definition) is 1. The molecule has 0 radical (unpaired) electrons. The van der Waals surface area contributed by atoms with Gasteiger partial charge in [-0.2, -0.15) is 13.2 Å². The van der Waals surface area contributed by atoms with E-state index in [0.29, 0.717) is 11.6 Å². The quantitative estimate of drug-likeness (QED) is 0.608. The van der Waals surface area contributed by atoms with Crippen LogP contribution in [0.4, 0.5) is 13.2 Å². The number of ether oxygens (including phenoxy) is 1. The third-order valence-electron chi connectivity index (χ3n) is 4.33. The number of carbonyl (C=O) groups is 1. The van der Waals surface area contributed by atoms with E-state index >= 15 is 0 Å². The van der Waals surface area contributed by atoms with Crippen molar-refractivity contribution in [2.24, 2.45) is 0 Å². The zero-order valence-electron chi connectivity index (χ0n) is 15.1. The molecule has 1 aromatic heterocycles. The highest BCUT2D eigenvalue weighted by atomic mass is 28.3. The molecule has 1 heterocycles. The molecule has 8 heteroatoms. The number of halogens is 3. The van der Waals surface area contributed by atoms with Gasteiger partial charge in [0, 0.05) is 19.7 Å². The Bertz CT molecular complexity index is 817. The average Bonchev–Trinajstić information content (AvgIpc) is 2.56. The Morgan fingerprint density at radius 3 is 2.42 bits per heavy atom. The molecule has 2 aromatic rings. The molecule has 1 unspecified atom stereocenters. The van der Waals surface area contributed by atoms with Gasteiger partial charge in [0.2, 0.25) is 0 Å². The smallest absolute Gasteiger partial charge is 0.421 e. The lowest BCUT2D eigenvalue weighted by molar-refractivity contribution is -0.267. The van der Waals surface area contributed by atoms with Crippen LogP contribution in [-0.2, 0) is 10.3 Å². The van der Waals surface area contributed by atoms with E-state index < -0.39 is 32.2 Å². The van der Waals surface area contributed by atoms with Gasteiger partial charge in [0.25, 0.3) is 0 Å². The summed E-state index contributed by atoms with van der Waals surface area (Å²) in [5.41, 5.74) is -2.82. The van der Waals surface area contributed by atoms with Crippen molar-refractivity contribution in [2.45, 2.75) is 43.9 Å². The normalized spacial score (nSPS) is 14.9. The van der Waals surface area contributed by atoms with E-state index in [1.807, 2.05) is 19.6 Å². The highest BCUT2D eigenvalue weighted by Gasteiger charge is 2.54. The van der Waals surface area contributed by atoms with Crippen LogP contribution in [0.25, 0.3) is 10.9 Å². The number of fused-ring (bicyclic) bond motifs is 1. The van der Waals surface area contributed by atoms with E-state index in [1.165, 1.54) is 37.6 Å². The summed E-state index contributed by atoms with van der Waals surface area (Å²) in [6, 6.07) is 5.47. The van der Waals surface area contributed by atoms with Gasteiger partial charge < -0.3 is 9.84 Å². The van der Waals surface area contributed by atoms with Crippen LogP contribution in [0, 0.1) is 0 Å². The molecule has 26 heavy (non-hydrogen) atoms. The van der Waals surface area contributed by atoms with Crippen LogP contribution in [0.3, 0.4) is 0 Å². The van der Waals surface area contributed by atoms with E-state index in [1.54, 1.807) is 0 Å². The van der Waals surface area contributed by atoms with Gasteiger partial charge in [0.05, 0.1) is 18.2 Å². The van der Waals surface area contributed by atoms with Gasteiger partial charge >= 0.3 is 12.1 Å². The van der Waals surface area contributed by atoms with Crippen LogP contribution in [0.15, 0.2) is 30.5 Å². The zero-order chi connectivity index (χ0) is 19.8. The number of pyridine rings is 1. The Kier molecular flexibility index (Phi) is 5.48. The molecule has 1 N–H and O–H groups in total. The predicted octanol–water partition coefficient (Wildman–Crippen LogP) is 4.50. The molecule has 0 aliphatic carbocycles. The molecule has 0 bridgehead atoms. The highest BCUT2D eigenvalue weighted by molar-refractivity contribution is 6.76. The van der Waals surface area contributed by atoms with Crippen LogP contribution >= 0.6 is 0 Å². The van der Waals surface area contributed by atoms with Crippen molar-refractivity contribution in [1.82, 2.24) is 4.98 Å². The molecule has 2 rings (SSSR count). The van der Waals surface area contributed by atoms with Crippen LogP contribution in [0.2, 0.25) is 25.7 Å². The van der Waals surface area contributed by atoms with Gasteiger partial charge in [-0.05, 0) is 30.2 Å². The summed E-state index contributed by atoms with van der Waals surface area (Å²) in [7, 11) is -0.620. The molecule has 0 fully saturated rings. The Labute approximate surface area is 151 Å². The summed E-state index contributed by atoms with van der Waals surface area (Å²) in [5, 5.41) is 10.8. The number of aromatic nitrogens is 1. The fraction of sp³-hybridized carbons (Fsp3) is 0.444. The minimum absolute atomic E-state index is 0.106. The Balaban J connectivity index is 2.62. The van der Waals surface area contributed by atoms with Crippen molar-refractivity contribution < 1.29 is 27.8 Å². The third kappa shape index (κ3) is 4.07. The van der Waals surface area contributed by atoms with Crippen molar-refractivity contribution in [2.75, 3.05) is 7.11 Å². The maximum atomic E-state index is 13.7. The second-order valence-electron chi connectivity index (χ2n) is 7.50. The van der Waals surface area contributed by atoms with Crippen LogP contribution in [-0.4, -0.2) is 37.4 Å². The fourth-order valence-electron chi connectivity index (χ4n) is 2.70. The maximum absolute atomic E-state index is 13.7. The van der Waals surface area contributed by atoms with Gasteiger partial charge in [-0.15, -0.1) is 0 Å². The summed E-state index contributed by atoms with van der Waals surface area (Å²) in [6.45, 7) is 5.84. The van der Waals surface area contributed by atoms with Gasteiger partial charge in [0.15, 0.2) is 5.60 Å². The number of benzene rings is 1. The number of alkyl halides is 3. The lowest BCUT2D eigenvalue weighted by Gasteiger charge is -2.33. The number of hydrogen-bond acceptors (Lipinski definition) is 4. The van der Waals surface area contributed by atoms with Crippen molar-refractivity contribution >= 4 is 24.9 Å². The molecule has 1 aromatic carbocycles. The van der Waals surface area contributed by atoms with Crippen LogP contribution in [0.1, 0.15) is 22.3 Å². The van der Waals surface area contributed by atoms with Gasteiger partial charge in [0.1, 0.15) is 0 Å². The molecular formula is C18H22F3NO3Si. The van der Waals surface area contributed by atoms with Crippen molar-refractivity contribution in [3.63, 3.8) is 0 Å². The largest absolute Gasteiger partial charge is 0.465 e. The van der Waals surface area contributed by atoms with Gasteiger partial charge in [-0.3, -0.25) is 4.98 Å². The van der Waals surface area contributed by atoms with E-state index in [4.69, 9.17) is 0 Å². The average molecular weight is 385 g/mol. The summed E-state index contributed by atoms with van der Waals surface area (Å²) in [4.78, 5) is 16.0. The third-order valence-corrected chi connectivity index (χ3v) is 6.08. The lowest BCUT2D eigenvalue weighted by atomic mass is 9.89. The van der Waals surface area contributed by atoms with Crippen molar-refractivity contribution in [3.05, 3.63) is 41.6 Å². The standard InChI is InChI=1S/C18H22F3NO3Si/c1-25-16(23)13-7-9-22-15-6-5-12(11-14(13)15)17(24,18(19,20)21)8-10-26(2,3)4/h5-7,9,11,24H,8,10H2,1-4H3. The predicted molar refractivity (Wildman–Crippen MR) is 95.8 cm³/mol. The molecule has 142 valence electrons. The zero-order valence-corrected chi connectivity index (χ0v) is 16.1.